The van der Waals surface area contributed by atoms with Gasteiger partial charge in [0.05, 0.1) is 19.9 Å². The monoisotopic (exact) mass is 460 g/mol. The van der Waals surface area contributed by atoms with Crippen molar-refractivity contribution in [1.29, 1.82) is 0 Å². The predicted octanol–water partition coefficient (Wildman–Crippen LogP) is 2.81. The lowest BCUT2D eigenvalue weighted by molar-refractivity contribution is 0.0662. The highest BCUT2D eigenvalue weighted by Crippen LogP contribution is 2.32. The molecule has 1 heterocycles. The van der Waals surface area contributed by atoms with Crippen LogP contribution in [0.2, 0.25) is 0 Å². The number of hydrogen-bond acceptors (Lipinski definition) is 7. The van der Waals surface area contributed by atoms with Crippen LogP contribution in [0.15, 0.2) is 42.5 Å². The van der Waals surface area contributed by atoms with E-state index in [4.69, 9.17) is 14.2 Å². The normalized spacial score (nSPS) is 14.8. The molecular weight excluding hydrogens is 431 g/mol. The number of nitrogens with zero attached hydrogens (tertiary/aromatic N) is 2. The summed E-state index contributed by atoms with van der Waals surface area (Å²) in [5, 5.41) is 19.6. The second-order valence-electron chi connectivity index (χ2n) is 6.78. The molecule has 0 aliphatic carbocycles. The van der Waals surface area contributed by atoms with Crippen LogP contribution in [0.1, 0.15) is 0 Å². The van der Waals surface area contributed by atoms with E-state index in [-0.39, 0.29) is 37.2 Å². The van der Waals surface area contributed by atoms with Gasteiger partial charge in [-0.1, -0.05) is 0 Å². The number of methoxy groups -OCH3 is 2. The van der Waals surface area contributed by atoms with Crippen LogP contribution in [-0.2, 0) is 0 Å². The van der Waals surface area contributed by atoms with Gasteiger partial charge in [-0.05, 0) is 36.4 Å². The Balaban J connectivity index is 0.00000225. The standard InChI is InChI=1S/C21H28N2O5.2ClH/c1-26-19-7-8-20(21(13-19)27-2)23-11-9-22(10-12-23)14-17(25)15-28-18-5-3-16(24)4-6-18;;/h3-8,13,17,24-25H,9-12,14-15H2,1-2H3;2*1H. The van der Waals surface area contributed by atoms with E-state index < -0.39 is 6.10 Å². The SMILES string of the molecule is COc1ccc(N2CCN(CC(O)COc3ccc(O)cc3)CC2)c(OC)c1.Cl.Cl. The van der Waals surface area contributed by atoms with E-state index in [1.165, 1.54) is 0 Å². The number of anilines is 1. The van der Waals surface area contributed by atoms with Crippen molar-refractivity contribution in [3.63, 3.8) is 0 Å². The van der Waals surface area contributed by atoms with E-state index >= 15 is 0 Å². The minimum Gasteiger partial charge on any atom is -0.508 e. The Labute approximate surface area is 190 Å². The van der Waals surface area contributed by atoms with E-state index in [9.17, 15) is 10.2 Å². The van der Waals surface area contributed by atoms with Crippen LogP contribution in [0, 0.1) is 0 Å². The van der Waals surface area contributed by atoms with Crippen molar-refractivity contribution in [2.45, 2.75) is 6.10 Å². The summed E-state index contributed by atoms with van der Waals surface area (Å²) in [4.78, 5) is 4.52. The predicted molar refractivity (Wildman–Crippen MR) is 122 cm³/mol. The van der Waals surface area contributed by atoms with Crippen molar-refractivity contribution in [3.8, 4) is 23.0 Å². The Kier molecular flexibility index (Phi) is 10.9. The van der Waals surface area contributed by atoms with Crippen LogP contribution >= 0.6 is 24.8 Å². The highest BCUT2D eigenvalue weighted by atomic mass is 35.5. The molecule has 9 heteroatoms. The Bertz CT molecular complexity index is 756. The van der Waals surface area contributed by atoms with Gasteiger partial charge >= 0.3 is 0 Å². The van der Waals surface area contributed by atoms with Crippen LogP contribution in [0.3, 0.4) is 0 Å². The fourth-order valence-corrected chi connectivity index (χ4v) is 3.30. The maximum absolute atomic E-state index is 10.3. The third-order valence-electron chi connectivity index (χ3n) is 4.85. The first-order chi connectivity index (χ1) is 13.6. The number of piperazine rings is 1. The topological polar surface area (TPSA) is 74.6 Å². The van der Waals surface area contributed by atoms with E-state index in [1.54, 1.807) is 38.5 Å². The van der Waals surface area contributed by atoms with Gasteiger partial charge in [-0.15, -0.1) is 24.8 Å². The van der Waals surface area contributed by atoms with Gasteiger partial charge in [-0.2, -0.15) is 0 Å². The van der Waals surface area contributed by atoms with Crippen LogP contribution in [0.25, 0.3) is 0 Å². The molecule has 0 bridgehead atoms. The highest BCUT2D eigenvalue weighted by Gasteiger charge is 2.22. The fraction of sp³-hybridized carbons (Fsp3) is 0.429. The van der Waals surface area contributed by atoms with Crippen molar-refractivity contribution in [3.05, 3.63) is 42.5 Å². The highest BCUT2D eigenvalue weighted by molar-refractivity contribution is 5.85. The van der Waals surface area contributed by atoms with Gasteiger partial charge in [0, 0.05) is 38.8 Å². The number of hydrogen-bond donors (Lipinski definition) is 2. The van der Waals surface area contributed by atoms with Crippen molar-refractivity contribution >= 4 is 30.5 Å². The molecule has 1 unspecified atom stereocenters. The molecule has 2 aromatic carbocycles. The average Bonchev–Trinajstić information content (AvgIpc) is 2.73. The molecule has 168 valence electrons. The maximum Gasteiger partial charge on any atom is 0.145 e. The molecule has 1 saturated heterocycles. The third-order valence-corrected chi connectivity index (χ3v) is 4.85. The van der Waals surface area contributed by atoms with Gasteiger partial charge in [-0.25, -0.2) is 0 Å². The summed E-state index contributed by atoms with van der Waals surface area (Å²) < 4.78 is 16.3. The van der Waals surface area contributed by atoms with Gasteiger partial charge in [-0.3, -0.25) is 4.90 Å². The summed E-state index contributed by atoms with van der Waals surface area (Å²) in [6.07, 6.45) is -0.573. The molecule has 0 spiro atoms. The Morgan fingerprint density at radius 2 is 1.53 bits per heavy atom. The van der Waals surface area contributed by atoms with E-state index in [1.807, 2.05) is 18.2 Å². The molecule has 3 rings (SSSR count). The number of phenolic OH excluding ortho intramolecular Hbond substituents is 1. The molecule has 0 radical (unpaired) electrons. The number of benzene rings is 2. The van der Waals surface area contributed by atoms with Crippen molar-refractivity contribution in [2.24, 2.45) is 0 Å². The number of rotatable bonds is 8. The van der Waals surface area contributed by atoms with E-state index in [0.29, 0.717) is 12.3 Å². The summed E-state index contributed by atoms with van der Waals surface area (Å²) >= 11 is 0. The van der Waals surface area contributed by atoms with Crippen LogP contribution < -0.4 is 19.1 Å². The first-order valence-corrected chi connectivity index (χ1v) is 9.38. The molecule has 2 N–H and O–H groups in total. The van der Waals surface area contributed by atoms with Crippen molar-refractivity contribution in [2.75, 3.05) is 58.5 Å². The number of halogens is 2. The van der Waals surface area contributed by atoms with Gasteiger partial charge in [0.1, 0.15) is 35.7 Å². The zero-order valence-corrected chi connectivity index (χ0v) is 18.8. The summed E-state index contributed by atoms with van der Waals surface area (Å²) in [6.45, 7) is 4.20. The zero-order valence-electron chi connectivity index (χ0n) is 17.2. The minimum absolute atomic E-state index is 0. The number of aromatic hydroxyl groups is 1. The van der Waals surface area contributed by atoms with Crippen molar-refractivity contribution < 1.29 is 24.4 Å². The molecule has 1 aliphatic heterocycles. The molecule has 0 aromatic heterocycles. The molecule has 2 aromatic rings. The Morgan fingerprint density at radius 1 is 0.900 bits per heavy atom. The van der Waals surface area contributed by atoms with Gasteiger partial charge in [0.25, 0.3) is 0 Å². The summed E-state index contributed by atoms with van der Waals surface area (Å²) in [6, 6.07) is 12.4. The largest absolute Gasteiger partial charge is 0.508 e. The summed E-state index contributed by atoms with van der Waals surface area (Å²) in [5.41, 5.74) is 1.05. The van der Waals surface area contributed by atoms with Gasteiger partial charge in [0.15, 0.2) is 0 Å². The molecule has 1 atom stereocenters. The zero-order chi connectivity index (χ0) is 19.9. The first kappa shape index (κ1) is 26.0. The van der Waals surface area contributed by atoms with Crippen LogP contribution in [0.4, 0.5) is 5.69 Å². The lowest BCUT2D eigenvalue weighted by Crippen LogP contribution is -2.49. The lowest BCUT2D eigenvalue weighted by Gasteiger charge is -2.37. The smallest absolute Gasteiger partial charge is 0.145 e. The minimum atomic E-state index is -0.573. The average molecular weight is 461 g/mol. The molecule has 0 amide bonds. The third kappa shape index (κ3) is 7.02. The molecule has 1 aliphatic rings. The molecule has 30 heavy (non-hydrogen) atoms. The molecule has 1 fully saturated rings. The van der Waals surface area contributed by atoms with Crippen molar-refractivity contribution in [1.82, 2.24) is 4.90 Å². The first-order valence-electron chi connectivity index (χ1n) is 9.38. The van der Waals surface area contributed by atoms with Crippen LogP contribution in [-0.4, -0.2) is 74.8 Å². The summed E-state index contributed by atoms with van der Waals surface area (Å²) in [5.74, 6) is 2.40. The molecule has 7 nitrogen and oxygen atoms in total. The van der Waals surface area contributed by atoms with E-state index in [0.717, 1.165) is 43.4 Å². The lowest BCUT2D eigenvalue weighted by atomic mass is 10.2. The fourth-order valence-electron chi connectivity index (χ4n) is 3.30. The quantitative estimate of drug-likeness (QED) is 0.626. The number of ether oxygens (including phenoxy) is 3. The maximum atomic E-state index is 10.3. The van der Waals surface area contributed by atoms with Gasteiger partial charge < -0.3 is 29.3 Å². The van der Waals surface area contributed by atoms with Gasteiger partial charge in [0.2, 0.25) is 0 Å². The Morgan fingerprint density at radius 3 is 2.13 bits per heavy atom. The number of aliphatic hydroxyl groups is 1. The molecule has 0 saturated carbocycles. The summed E-state index contributed by atoms with van der Waals surface area (Å²) in [7, 11) is 3.31. The second kappa shape index (κ2) is 12.6. The molecular formula is C21H30Cl2N2O5. The number of phenols is 1. The number of β-amino-alcohol motifs (C(OH)–C–C–N with tert-alkyl or cyclic N) is 1. The van der Waals surface area contributed by atoms with Crippen LogP contribution in [0.5, 0.6) is 23.0 Å². The Hall–Kier alpha value is -2.06. The number of aliphatic hydroxyl groups excluding tert-OH is 1. The van der Waals surface area contributed by atoms with E-state index in [2.05, 4.69) is 9.80 Å². The second-order valence-corrected chi connectivity index (χ2v) is 6.78.